The van der Waals surface area contributed by atoms with Crippen molar-refractivity contribution in [2.75, 3.05) is 17.2 Å². The molecule has 24 heavy (non-hydrogen) atoms. The molecular formula is C19H18N4O. The van der Waals surface area contributed by atoms with Crippen molar-refractivity contribution in [1.29, 1.82) is 0 Å². The Kier molecular flexibility index (Phi) is 4.21. The van der Waals surface area contributed by atoms with Crippen molar-refractivity contribution in [3.8, 4) is 12.3 Å². The fraction of sp³-hybridized carbons (Fsp3) is 0.158. The average molecular weight is 318 g/mol. The Morgan fingerprint density at radius 1 is 1.25 bits per heavy atom. The van der Waals surface area contributed by atoms with E-state index in [1.807, 2.05) is 31.2 Å². The number of aromatic amines is 1. The fourth-order valence-electron chi connectivity index (χ4n) is 2.63. The summed E-state index contributed by atoms with van der Waals surface area (Å²) < 4.78 is 0. The van der Waals surface area contributed by atoms with Crippen molar-refractivity contribution in [2.45, 2.75) is 13.5 Å². The molecule has 0 radical (unpaired) electrons. The number of aryl methyl sites for hydroxylation is 1. The Morgan fingerprint density at radius 2 is 2.00 bits per heavy atom. The molecule has 0 aliphatic rings. The lowest BCUT2D eigenvalue weighted by molar-refractivity contribution is 0.878. The molecular weight excluding hydrogens is 300 g/mol. The van der Waals surface area contributed by atoms with Crippen LogP contribution in [0.4, 0.5) is 11.6 Å². The highest BCUT2D eigenvalue weighted by Gasteiger charge is 2.09. The minimum absolute atomic E-state index is 0.119. The number of anilines is 2. The summed E-state index contributed by atoms with van der Waals surface area (Å²) >= 11 is 0. The number of nitrogens with one attached hydrogen (secondary N) is 1. The number of hydrogen-bond acceptors (Lipinski definition) is 4. The molecule has 3 aromatic rings. The largest absolute Gasteiger partial charge is 0.369 e. The van der Waals surface area contributed by atoms with Gasteiger partial charge in [-0.15, -0.1) is 6.42 Å². The standard InChI is InChI=1S/C19H18N4O/c1-3-10-23(15-7-4-13(2)5-8-15)12-14-6-9-17-16(11-14)18(24)22-19(20)21-17/h1,4-9,11H,10,12H2,2H3,(H3,20,21,22,24). The molecule has 1 aromatic heterocycles. The second-order valence-electron chi connectivity index (χ2n) is 5.70. The van der Waals surface area contributed by atoms with Crippen molar-refractivity contribution >= 4 is 22.5 Å². The molecule has 0 saturated carbocycles. The normalized spacial score (nSPS) is 10.5. The van der Waals surface area contributed by atoms with Crippen LogP contribution in [-0.2, 0) is 6.54 Å². The molecule has 1 heterocycles. The van der Waals surface area contributed by atoms with E-state index in [0.29, 0.717) is 24.0 Å². The third-order valence-corrected chi connectivity index (χ3v) is 3.84. The molecule has 0 amide bonds. The topological polar surface area (TPSA) is 75.0 Å². The molecule has 5 nitrogen and oxygen atoms in total. The Bertz CT molecular complexity index is 967. The van der Waals surface area contributed by atoms with E-state index in [1.54, 1.807) is 6.07 Å². The molecule has 0 unspecified atom stereocenters. The van der Waals surface area contributed by atoms with Crippen molar-refractivity contribution in [3.05, 3.63) is 63.9 Å². The van der Waals surface area contributed by atoms with Crippen LogP contribution in [0.25, 0.3) is 10.9 Å². The molecule has 3 N–H and O–H groups in total. The van der Waals surface area contributed by atoms with Gasteiger partial charge in [-0.1, -0.05) is 29.7 Å². The van der Waals surface area contributed by atoms with Gasteiger partial charge in [0, 0.05) is 12.2 Å². The van der Waals surface area contributed by atoms with Gasteiger partial charge in [0.25, 0.3) is 5.56 Å². The molecule has 0 spiro atoms. The monoisotopic (exact) mass is 318 g/mol. The number of terminal acetylenes is 1. The van der Waals surface area contributed by atoms with Crippen molar-refractivity contribution in [1.82, 2.24) is 9.97 Å². The van der Waals surface area contributed by atoms with E-state index in [0.717, 1.165) is 11.3 Å². The van der Waals surface area contributed by atoms with Crippen LogP contribution in [0.15, 0.2) is 47.3 Å². The summed E-state index contributed by atoms with van der Waals surface area (Å²) in [5.74, 6) is 2.81. The summed E-state index contributed by atoms with van der Waals surface area (Å²) in [5, 5.41) is 0.520. The third-order valence-electron chi connectivity index (χ3n) is 3.84. The van der Waals surface area contributed by atoms with Crippen LogP contribution < -0.4 is 16.2 Å². The van der Waals surface area contributed by atoms with Gasteiger partial charge >= 0.3 is 0 Å². The molecule has 120 valence electrons. The molecule has 2 aromatic carbocycles. The van der Waals surface area contributed by atoms with Crippen molar-refractivity contribution < 1.29 is 0 Å². The van der Waals surface area contributed by atoms with Crippen LogP contribution in [0, 0.1) is 19.3 Å². The number of hydrogen-bond donors (Lipinski definition) is 2. The summed E-state index contributed by atoms with van der Waals surface area (Å²) in [6.07, 6.45) is 5.51. The van der Waals surface area contributed by atoms with Gasteiger partial charge < -0.3 is 10.6 Å². The van der Waals surface area contributed by atoms with E-state index < -0.39 is 0 Å². The first-order valence-corrected chi connectivity index (χ1v) is 7.60. The molecule has 0 aliphatic carbocycles. The quantitative estimate of drug-likeness (QED) is 0.725. The van der Waals surface area contributed by atoms with Crippen molar-refractivity contribution in [2.24, 2.45) is 0 Å². The van der Waals surface area contributed by atoms with E-state index in [1.165, 1.54) is 5.56 Å². The average Bonchev–Trinajstić information content (AvgIpc) is 2.56. The first-order chi connectivity index (χ1) is 11.6. The minimum Gasteiger partial charge on any atom is -0.369 e. The number of nitrogens with two attached hydrogens (primary N) is 1. The summed E-state index contributed by atoms with van der Waals surface area (Å²) in [6.45, 7) is 3.13. The lowest BCUT2D eigenvalue weighted by Gasteiger charge is -2.23. The fourth-order valence-corrected chi connectivity index (χ4v) is 2.63. The smallest absolute Gasteiger partial charge is 0.260 e. The van der Waals surface area contributed by atoms with E-state index in [-0.39, 0.29) is 11.5 Å². The van der Waals surface area contributed by atoms with Gasteiger partial charge in [0.15, 0.2) is 0 Å². The van der Waals surface area contributed by atoms with Crippen LogP contribution in [-0.4, -0.2) is 16.5 Å². The van der Waals surface area contributed by atoms with Gasteiger partial charge in [-0.05, 0) is 36.8 Å². The van der Waals surface area contributed by atoms with Gasteiger partial charge in [0.1, 0.15) is 0 Å². The van der Waals surface area contributed by atoms with Gasteiger partial charge in [-0.2, -0.15) is 0 Å². The maximum atomic E-state index is 12.0. The third kappa shape index (κ3) is 3.23. The first kappa shape index (κ1) is 15.6. The summed E-state index contributed by atoms with van der Waals surface area (Å²) in [5.41, 5.74) is 9.14. The molecule has 0 atom stereocenters. The summed E-state index contributed by atoms with van der Waals surface area (Å²) in [4.78, 5) is 20.8. The number of fused-ring (bicyclic) bond motifs is 1. The van der Waals surface area contributed by atoms with E-state index in [2.05, 4.69) is 32.9 Å². The highest BCUT2D eigenvalue weighted by Crippen LogP contribution is 2.19. The Hall–Kier alpha value is -3.26. The van der Waals surface area contributed by atoms with Crippen LogP contribution in [0.3, 0.4) is 0 Å². The zero-order chi connectivity index (χ0) is 17.1. The lowest BCUT2D eigenvalue weighted by atomic mass is 10.1. The first-order valence-electron chi connectivity index (χ1n) is 7.60. The molecule has 0 saturated heterocycles. The van der Waals surface area contributed by atoms with Gasteiger partial charge in [-0.3, -0.25) is 9.78 Å². The summed E-state index contributed by atoms with van der Waals surface area (Å²) in [7, 11) is 0. The zero-order valence-electron chi connectivity index (χ0n) is 13.4. The molecule has 3 rings (SSSR count). The van der Waals surface area contributed by atoms with Gasteiger partial charge in [0.05, 0.1) is 17.4 Å². The Labute approximate surface area is 140 Å². The predicted molar refractivity (Wildman–Crippen MR) is 97.8 cm³/mol. The number of nitrogen functional groups attached to an aromatic ring is 1. The molecule has 0 aliphatic heterocycles. The van der Waals surface area contributed by atoms with Crippen LogP contribution in [0.2, 0.25) is 0 Å². The predicted octanol–water partition coefficient (Wildman–Crippen LogP) is 2.45. The number of aromatic nitrogens is 2. The number of rotatable bonds is 4. The second-order valence-corrected chi connectivity index (χ2v) is 5.70. The Balaban J connectivity index is 1.95. The molecule has 0 fully saturated rings. The van der Waals surface area contributed by atoms with Gasteiger partial charge in [0.2, 0.25) is 5.95 Å². The Morgan fingerprint density at radius 3 is 2.71 bits per heavy atom. The summed E-state index contributed by atoms with van der Waals surface area (Å²) in [6, 6.07) is 13.8. The van der Waals surface area contributed by atoms with E-state index in [9.17, 15) is 4.79 Å². The minimum atomic E-state index is -0.238. The zero-order valence-corrected chi connectivity index (χ0v) is 13.4. The molecule has 0 bridgehead atoms. The van der Waals surface area contributed by atoms with Gasteiger partial charge in [-0.25, -0.2) is 4.98 Å². The van der Waals surface area contributed by atoms with Crippen molar-refractivity contribution in [3.63, 3.8) is 0 Å². The van der Waals surface area contributed by atoms with Crippen LogP contribution in [0.5, 0.6) is 0 Å². The second kappa shape index (κ2) is 6.47. The SMILES string of the molecule is C#CCN(Cc1ccc2nc(N)[nH]c(=O)c2c1)c1ccc(C)cc1. The number of benzene rings is 2. The lowest BCUT2D eigenvalue weighted by Crippen LogP contribution is -2.23. The maximum absolute atomic E-state index is 12.0. The molecule has 5 heteroatoms. The van der Waals surface area contributed by atoms with E-state index >= 15 is 0 Å². The van der Waals surface area contributed by atoms with Crippen LogP contribution in [0.1, 0.15) is 11.1 Å². The van der Waals surface area contributed by atoms with Crippen LogP contribution >= 0.6 is 0 Å². The van der Waals surface area contributed by atoms with E-state index in [4.69, 9.17) is 12.2 Å². The number of H-pyrrole nitrogens is 1. The highest BCUT2D eigenvalue weighted by molar-refractivity contribution is 5.79. The highest BCUT2D eigenvalue weighted by atomic mass is 16.1. The maximum Gasteiger partial charge on any atom is 0.260 e. The number of nitrogens with zero attached hydrogens (tertiary/aromatic N) is 2.